The Hall–Kier alpha value is -1.36. The standard InChI is InChI=1S/C7H10N5.ClH/c1-11-4-12(2)7-5(11)6(8)9-3-10-7;/h3-4H,1-2H3,(H2,8,9,10);1H/q+1;/p-1. The Morgan fingerprint density at radius 2 is 2.15 bits per heavy atom. The van der Waals surface area contributed by atoms with E-state index in [1.165, 1.54) is 6.33 Å². The van der Waals surface area contributed by atoms with Gasteiger partial charge in [-0.25, -0.2) is 4.57 Å². The molecule has 2 rings (SSSR count). The van der Waals surface area contributed by atoms with E-state index < -0.39 is 0 Å². The highest BCUT2D eigenvalue weighted by molar-refractivity contribution is 5.78. The van der Waals surface area contributed by atoms with E-state index in [1.54, 1.807) is 0 Å². The van der Waals surface area contributed by atoms with Crippen LogP contribution in [-0.4, -0.2) is 14.5 Å². The van der Waals surface area contributed by atoms with Crippen molar-refractivity contribution in [2.24, 2.45) is 14.1 Å². The SMILES string of the molecule is Cn1c[n+](C)c2ncnc(N)c21.[Cl-]. The maximum absolute atomic E-state index is 5.69. The number of hydrogen-bond acceptors (Lipinski definition) is 3. The van der Waals surface area contributed by atoms with E-state index in [1.807, 2.05) is 29.6 Å². The minimum absolute atomic E-state index is 0. The Labute approximate surface area is 81.6 Å². The van der Waals surface area contributed by atoms with Crippen molar-refractivity contribution in [2.45, 2.75) is 0 Å². The Bertz CT molecular complexity index is 436. The van der Waals surface area contributed by atoms with Crippen molar-refractivity contribution in [3.63, 3.8) is 0 Å². The zero-order valence-electron chi connectivity index (χ0n) is 7.40. The van der Waals surface area contributed by atoms with Crippen LogP contribution >= 0.6 is 0 Å². The molecule has 6 heteroatoms. The summed E-state index contributed by atoms with van der Waals surface area (Å²) in [6.07, 6.45) is 3.38. The van der Waals surface area contributed by atoms with Crippen LogP contribution < -0.4 is 22.7 Å². The number of nitrogens with zero attached hydrogens (tertiary/aromatic N) is 4. The molecule has 0 aliphatic rings. The number of fused-ring (bicyclic) bond motifs is 1. The minimum Gasteiger partial charge on any atom is -1.00 e. The maximum atomic E-state index is 5.69. The van der Waals surface area contributed by atoms with Gasteiger partial charge in [-0.2, -0.15) is 4.98 Å². The van der Waals surface area contributed by atoms with Crippen LogP contribution in [0.3, 0.4) is 0 Å². The van der Waals surface area contributed by atoms with E-state index in [-0.39, 0.29) is 12.4 Å². The zero-order chi connectivity index (χ0) is 8.72. The van der Waals surface area contributed by atoms with Crippen LogP contribution in [-0.2, 0) is 14.1 Å². The number of rotatable bonds is 0. The van der Waals surface area contributed by atoms with Gasteiger partial charge in [0.2, 0.25) is 5.52 Å². The van der Waals surface area contributed by atoms with Crippen LogP contribution in [0.5, 0.6) is 0 Å². The van der Waals surface area contributed by atoms with E-state index in [0.29, 0.717) is 5.82 Å². The third-order valence-corrected chi connectivity index (χ3v) is 1.86. The first-order valence-corrected chi connectivity index (χ1v) is 3.61. The molecule has 0 radical (unpaired) electrons. The monoisotopic (exact) mass is 199 g/mol. The molecule has 2 heterocycles. The first-order valence-electron chi connectivity index (χ1n) is 3.61. The normalized spacial score (nSPS) is 10.0. The lowest BCUT2D eigenvalue weighted by molar-refractivity contribution is -0.647. The summed E-state index contributed by atoms with van der Waals surface area (Å²) in [5.41, 5.74) is 7.41. The molecule has 2 N–H and O–H groups in total. The second kappa shape index (κ2) is 3.18. The topological polar surface area (TPSA) is 60.6 Å². The van der Waals surface area contributed by atoms with Crippen molar-refractivity contribution < 1.29 is 17.0 Å². The highest BCUT2D eigenvalue weighted by atomic mass is 35.5. The molecule has 0 bridgehead atoms. The van der Waals surface area contributed by atoms with Gasteiger partial charge in [-0.3, -0.25) is 4.57 Å². The second-order valence-corrected chi connectivity index (χ2v) is 2.77. The summed E-state index contributed by atoms with van der Waals surface area (Å²) in [6, 6.07) is 0. The predicted octanol–water partition coefficient (Wildman–Crippen LogP) is -3.62. The first kappa shape index (κ1) is 9.73. The van der Waals surface area contributed by atoms with Crippen molar-refractivity contribution in [1.29, 1.82) is 0 Å². The number of nitrogens with two attached hydrogens (primary N) is 1. The van der Waals surface area contributed by atoms with Gasteiger partial charge in [0.25, 0.3) is 0 Å². The highest BCUT2D eigenvalue weighted by Crippen LogP contribution is 2.11. The summed E-state index contributed by atoms with van der Waals surface area (Å²) in [7, 11) is 3.84. The summed E-state index contributed by atoms with van der Waals surface area (Å²) in [5, 5.41) is 0. The lowest BCUT2D eigenvalue weighted by atomic mass is 10.5. The van der Waals surface area contributed by atoms with Crippen LogP contribution in [0, 0.1) is 0 Å². The van der Waals surface area contributed by atoms with Gasteiger partial charge in [-0.15, -0.1) is 0 Å². The quantitative estimate of drug-likeness (QED) is 0.446. The van der Waals surface area contributed by atoms with Gasteiger partial charge in [0, 0.05) is 0 Å². The fraction of sp³-hybridized carbons (Fsp3) is 0.286. The molecule has 2 aromatic rings. The first-order chi connectivity index (χ1) is 5.70. The molecule has 0 aliphatic carbocycles. The Kier molecular flexibility index (Phi) is 2.38. The lowest BCUT2D eigenvalue weighted by Gasteiger charge is -1.89. The lowest BCUT2D eigenvalue weighted by Crippen LogP contribution is -3.00. The average molecular weight is 200 g/mol. The van der Waals surface area contributed by atoms with E-state index in [4.69, 9.17) is 5.73 Å². The largest absolute Gasteiger partial charge is 1.00 e. The average Bonchev–Trinajstić information content (AvgIpc) is 2.29. The molecule has 2 aromatic heterocycles. The molecule has 0 aliphatic heterocycles. The number of nitrogen functional groups attached to an aromatic ring is 1. The predicted molar refractivity (Wildman–Crippen MR) is 44.1 cm³/mol. The number of anilines is 1. The van der Waals surface area contributed by atoms with Crippen LogP contribution in [0.1, 0.15) is 0 Å². The fourth-order valence-corrected chi connectivity index (χ4v) is 1.35. The molecule has 0 amide bonds. The van der Waals surface area contributed by atoms with Gasteiger partial charge in [0.15, 0.2) is 18.5 Å². The molecular formula is C7H10ClN5. The minimum atomic E-state index is 0. The van der Waals surface area contributed by atoms with Gasteiger partial charge in [0.05, 0.1) is 14.1 Å². The van der Waals surface area contributed by atoms with Gasteiger partial charge in [-0.05, 0) is 0 Å². The van der Waals surface area contributed by atoms with Crippen molar-refractivity contribution >= 4 is 17.0 Å². The van der Waals surface area contributed by atoms with Crippen LogP contribution in [0.4, 0.5) is 5.82 Å². The number of aryl methyl sites for hydroxylation is 2. The van der Waals surface area contributed by atoms with Crippen LogP contribution in [0.25, 0.3) is 11.2 Å². The Morgan fingerprint density at radius 1 is 1.46 bits per heavy atom. The molecule has 0 spiro atoms. The van der Waals surface area contributed by atoms with Gasteiger partial charge in [-0.1, -0.05) is 4.98 Å². The molecular weight excluding hydrogens is 190 g/mol. The van der Waals surface area contributed by atoms with Crippen molar-refractivity contribution in [3.05, 3.63) is 12.7 Å². The van der Waals surface area contributed by atoms with Gasteiger partial charge >= 0.3 is 5.65 Å². The number of hydrogen-bond donors (Lipinski definition) is 1. The molecule has 0 saturated heterocycles. The third kappa shape index (κ3) is 1.31. The number of imidazole rings is 1. The number of aromatic nitrogens is 4. The van der Waals surface area contributed by atoms with E-state index in [2.05, 4.69) is 9.97 Å². The summed E-state index contributed by atoms with van der Waals surface area (Å²) in [6.45, 7) is 0. The zero-order valence-corrected chi connectivity index (χ0v) is 8.15. The Morgan fingerprint density at radius 3 is 2.77 bits per heavy atom. The van der Waals surface area contributed by atoms with E-state index in [0.717, 1.165) is 11.2 Å². The van der Waals surface area contributed by atoms with Crippen LogP contribution in [0.2, 0.25) is 0 Å². The van der Waals surface area contributed by atoms with Gasteiger partial charge < -0.3 is 18.1 Å². The van der Waals surface area contributed by atoms with Crippen molar-refractivity contribution in [2.75, 3.05) is 5.73 Å². The van der Waals surface area contributed by atoms with Crippen molar-refractivity contribution in [3.8, 4) is 0 Å². The van der Waals surface area contributed by atoms with Gasteiger partial charge in [0.1, 0.15) is 0 Å². The Balaban J connectivity index is 0.000000845. The molecule has 5 nitrogen and oxygen atoms in total. The van der Waals surface area contributed by atoms with E-state index in [9.17, 15) is 0 Å². The molecule has 13 heavy (non-hydrogen) atoms. The molecule has 70 valence electrons. The third-order valence-electron chi connectivity index (χ3n) is 1.86. The summed E-state index contributed by atoms with van der Waals surface area (Å²) in [5.74, 6) is 0.517. The van der Waals surface area contributed by atoms with Crippen molar-refractivity contribution in [1.82, 2.24) is 14.5 Å². The molecule has 0 saturated carbocycles. The maximum Gasteiger partial charge on any atom is 0.307 e. The van der Waals surface area contributed by atoms with E-state index >= 15 is 0 Å². The fourth-order valence-electron chi connectivity index (χ4n) is 1.35. The smallest absolute Gasteiger partial charge is 0.307 e. The summed E-state index contributed by atoms with van der Waals surface area (Å²) < 4.78 is 3.82. The summed E-state index contributed by atoms with van der Waals surface area (Å²) >= 11 is 0. The number of halogens is 1. The summed E-state index contributed by atoms with van der Waals surface area (Å²) in [4.78, 5) is 8.03. The molecule has 0 aromatic carbocycles. The second-order valence-electron chi connectivity index (χ2n) is 2.77. The highest BCUT2D eigenvalue weighted by Gasteiger charge is 2.14. The van der Waals surface area contributed by atoms with Crippen LogP contribution in [0.15, 0.2) is 12.7 Å². The molecule has 0 atom stereocenters. The molecule has 0 unspecified atom stereocenters. The molecule has 0 fully saturated rings.